The van der Waals surface area contributed by atoms with Gasteiger partial charge < -0.3 is 9.97 Å². The second kappa shape index (κ2) is 6.58. The van der Waals surface area contributed by atoms with Gasteiger partial charge >= 0.3 is 0 Å². The standard InChI is InChI=1S/C32H16Br2N2/c33-15-7-9-19-25(11-15)35-27-13-23-24-14-28-32(20-10-8-16(34)12-26(20)36-28)22-6-2-4-18(30(22)24)17-3-1-5-21(29(17)23)31(19)27/h1-14,35-36H. The Labute approximate surface area is 221 Å². The summed E-state index contributed by atoms with van der Waals surface area (Å²) in [6, 6.07) is 31.3. The Bertz CT molecular complexity index is 2220. The second-order valence-corrected chi connectivity index (χ2v) is 11.6. The van der Waals surface area contributed by atoms with Crippen LogP contribution in [0.4, 0.5) is 0 Å². The van der Waals surface area contributed by atoms with Crippen molar-refractivity contribution in [3.8, 4) is 0 Å². The molecule has 2 aromatic heterocycles. The van der Waals surface area contributed by atoms with E-state index >= 15 is 0 Å². The third-order valence-electron chi connectivity index (χ3n) is 7.94. The maximum atomic E-state index is 3.71. The fraction of sp³-hybridized carbons (Fsp3) is 0. The summed E-state index contributed by atoms with van der Waals surface area (Å²) in [5, 5.41) is 15.6. The molecule has 9 aromatic rings. The number of benzene rings is 7. The van der Waals surface area contributed by atoms with E-state index in [0.29, 0.717) is 0 Å². The lowest BCUT2D eigenvalue weighted by Gasteiger charge is -2.16. The average Bonchev–Trinajstić information content (AvgIpc) is 3.43. The van der Waals surface area contributed by atoms with Crippen LogP contribution in [-0.4, -0.2) is 9.97 Å². The highest BCUT2D eigenvalue weighted by atomic mass is 79.9. The largest absolute Gasteiger partial charge is 0.354 e. The van der Waals surface area contributed by atoms with Gasteiger partial charge in [0.1, 0.15) is 0 Å². The number of fused-ring (bicyclic) bond motifs is 10. The minimum atomic E-state index is 1.08. The van der Waals surface area contributed by atoms with E-state index in [2.05, 4.69) is 127 Å². The Balaban J connectivity index is 1.60. The van der Waals surface area contributed by atoms with Crippen molar-refractivity contribution in [3.63, 3.8) is 0 Å². The molecule has 0 amide bonds. The van der Waals surface area contributed by atoms with E-state index in [4.69, 9.17) is 0 Å². The van der Waals surface area contributed by atoms with Crippen LogP contribution in [0, 0.1) is 0 Å². The van der Waals surface area contributed by atoms with Crippen LogP contribution in [0.1, 0.15) is 0 Å². The molecule has 2 heterocycles. The molecule has 168 valence electrons. The molecule has 9 rings (SSSR count). The van der Waals surface area contributed by atoms with E-state index in [1.165, 1.54) is 75.7 Å². The van der Waals surface area contributed by atoms with Crippen LogP contribution in [0.2, 0.25) is 0 Å². The highest BCUT2D eigenvalue weighted by Crippen LogP contribution is 2.47. The predicted octanol–water partition coefficient (Wildman–Crippen LogP) is 10.5. The van der Waals surface area contributed by atoms with Crippen LogP contribution in [0.5, 0.6) is 0 Å². The van der Waals surface area contributed by atoms with Crippen LogP contribution in [0.25, 0.3) is 86.7 Å². The van der Waals surface area contributed by atoms with Gasteiger partial charge in [0.25, 0.3) is 0 Å². The molecule has 0 bridgehead atoms. The minimum Gasteiger partial charge on any atom is -0.354 e. The summed E-state index contributed by atoms with van der Waals surface area (Å²) in [6.07, 6.45) is 0. The first-order chi connectivity index (χ1) is 17.7. The van der Waals surface area contributed by atoms with Gasteiger partial charge in [0.15, 0.2) is 0 Å². The molecule has 0 fully saturated rings. The number of rotatable bonds is 0. The van der Waals surface area contributed by atoms with Gasteiger partial charge in [-0.15, -0.1) is 0 Å². The first-order valence-electron chi connectivity index (χ1n) is 12.0. The highest BCUT2D eigenvalue weighted by Gasteiger charge is 2.19. The maximum Gasteiger partial charge on any atom is 0.0477 e. The van der Waals surface area contributed by atoms with Crippen molar-refractivity contribution in [1.82, 2.24) is 9.97 Å². The van der Waals surface area contributed by atoms with Gasteiger partial charge in [0, 0.05) is 52.6 Å². The summed E-state index contributed by atoms with van der Waals surface area (Å²) in [5.41, 5.74) is 4.66. The number of aromatic nitrogens is 2. The fourth-order valence-electron chi connectivity index (χ4n) is 6.59. The summed E-state index contributed by atoms with van der Waals surface area (Å²) in [6.45, 7) is 0. The molecule has 0 saturated carbocycles. The van der Waals surface area contributed by atoms with Crippen molar-refractivity contribution >= 4 is 119 Å². The van der Waals surface area contributed by atoms with E-state index in [0.717, 1.165) is 20.0 Å². The first kappa shape index (κ1) is 19.6. The van der Waals surface area contributed by atoms with Crippen molar-refractivity contribution in [2.45, 2.75) is 0 Å². The van der Waals surface area contributed by atoms with Crippen molar-refractivity contribution < 1.29 is 0 Å². The third kappa shape index (κ3) is 2.32. The molecule has 2 N–H and O–H groups in total. The van der Waals surface area contributed by atoms with E-state index in [9.17, 15) is 0 Å². The van der Waals surface area contributed by atoms with Crippen LogP contribution in [0.3, 0.4) is 0 Å². The van der Waals surface area contributed by atoms with Gasteiger partial charge in [-0.2, -0.15) is 0 Å². The van der Waals surface area contributed by atoms with Crippen LogP contribution in [-0.2, 0) is 0 Å². The number of hydrogen-bond acceptors (Lipinski definition) is 0. The molecular formula is C32H16Br2N2. The van der Waals surface area contributed by atoms with Crippen LogP contribution in [0.15, 0.2) is 93.9 Å². The zero-order valence-electron chi connectivity index (χ0n) is 18.8. The van der Waals surface area contributed by atoms with Crippen molar-refractivity contribution in [1.29, 1.82) is 0 Å². The molecule has 0 atom stereocenters. The SMILES string of the molecule is Brc1ccc2c(c1)[nH]c1cc3c4cc5[nH]c6cc(Br)ccc6c5c5cccc(c6cccc(c12)c63)c45. The third-order valence-corrected chi connectivity index (χ3v) is 8.93. The lowest BCUT2D eigenvalue weighted by atomic mass is 9.87. The molecule has 4 heteroatoms. The topological polar surface area (TPSA) is 31.6 Å². The van der Waals surface area contributed by atoms with E-state index < -0.39 is 0 Å². The molecule has 0 saturated heterocycles. The van der Waals surface area contributed by atoms with Crippen LogP contribution >= 0.6 is 31.9 Å². The Morgan fingerprint density at radius 3 is 1.28 bits per heavy atom. The Hall–Kier alpha value is -3.60. The fourth-order valence-corrected chi connectivity index (χ4v) is 7.31. The first-order valence-corrected chi connectivity index (χ1v) is 13.6. The maximum absolute atomic E-state index is 3.71. The summed E-state index contributed by atoms with van der Waals surface area (Å²) < 4.78 is 2.17. The quantitative estimate of drug-likeness (QED) is 0.131. The van der Waals surface area contributed by atoms with Gasteiger partial charge in [-0.1, -0.05) is 80.4 Å². The lowest BCUT2D eigenvalue weighted by Crippen LogP contribution is -1.88. The highest BCUT2D eigenvalue weighted by molar-refractivity contribution is 9.10. The van der Waals surface area contributed by atoms with Gasteiger partial charge in [-0.05, 0) is 79.5 Å². The van der Waals surface area contributed by atoms with Gasteiger partial charge in [0.2, 0.25) is 0 Å². The summed E-state index contributed by atoms with van der Waals surface area (Å²) in [7, 11) is 0. The molecule has 0 aliphatic heterocycles. The lowest BCUT2D eigenvalue weighted by molar-refractivity contribution is 1.54. The smallest absolute Gasteiger partial charge is 0.0477 e. The Morgan fingerprint density at radius 1 is 0.361 bits per heavy atom. The summed E-state index contributed by atoms with van der Waals surface area (Å²) in [4.78, 5) is 7.41. The molecular weight excluding hydrogens is 572 g/mol. The number of aromatic amines is 2. The normalized spacial score (nSPS) is 12.7. The van der Waals surface area contributed by atoms with Crippen molar-refractivity contribution in [3.05, 3.63) is 93.9 Å². The monoisotopic (exact) mass is 586 g/mol. The van der Waals surface area contributed by atoms with Gasteiger partial charge in [-0.25, -0.2) is 0 Å². The zero-order valence-corrected chi connectivity index (χ0v) is 22.0. The number of hydrogen-bond donors (Lipinski definition) is 2. The molecule has 0 radical (unpaired) electrons. The molecule has 0 spiro atoms. The average molecular weight is 588 g/mol. The van der Waals surface area contributed by atoms with Gasteiger partial charge in [-0.3, -0.25) is 0 Å². The number of nitrogens with one attached hydrogen (secondary N) is 2. The second-order valence-electron chi connectivity index (χ2n) is 9.78. The van der Waals surface area contributed by atoms with E-state index in [1.807, 2.05) is 0 Å². The number of H-pyrrole nitrogens is 2. The van der Waals surface area contributed by atoms with E-state index in [-0.39, 0.29) is 0 Å². The molecule has 7 aromatic carbocycles. The zero-order chi connectivity index (χ0) is 23.7. The number of halogens is 2. The Morgan fingerprint density at radius 2 is 0.806 bits per heavy atom. The predicted molar refractivity (Wildman–Crippen MR) is 162 cm³/mol. The van der Waals surface area contributed by atoms with Gasteiger partial charge in [0.05, 0.1) is 0 Å². The summed E-state index contributed by atoms with van der Waals surface area (Å²) >= 11 is 7.29. The minimum absolute atomic E-state index is 1.08. The van der Waals surface area contributed by atoms with Crippen molar-refractivity contribution in [2.24, 2.45) is 0 Å². The molecule has 0 unspecified atom stereocenters. The molecule has 0 aliphatic carbocycles. The molecule has 36 heavy (non-hydrogen) atoms. The molecule has 0 aliphatic rings. The Kier molecular flexibility index (Phi) is 3.58. The van der Waals surface area contributed by atoms with Crippen LogP contribution < -0.4 is 0 Å². The summed E-state index contributed by atoms with van der Waals surface area (Å²) in [5.74, 6) is 0. The molecule has 2 nitrogen and oxygen atoms in total. The van der Waals surface area contributed by atoms with E-state index in [1.54, 1.807) is 0 Å². The van der Waals surface area contributed by atoms with Crippen molar-refractivity contribution in [2.75, 3.05) is 0 Å².